The molecule has 1 aromatic carbocycles. The highest BCUT2D eigenvalue weighted by atomic mass is 79.9. The van der Waals surface area contributed by atoms with E-state index in [1.807, 2.05) is 41.2 Å². The number of aromatic amines is 1. The summed E-state index contributed by atoms with van der Waals surface area (Å²) in [6, 6.07) is 9.53. The van der Waals surface area contributed by atoms with Gasteiger partial charge in [0, 0.05) is 44.1 Å². The van der Waals surface area contributed by atoms with E-state index in [1.54, 1.807) is 11.3 Å². The Morgan fingerprint density at radius 2 is 2.12 bits per heavy atom. The van der Waals surface area contributed by atoms with Gasteiger partial charge in [0.1, 0.15) is 5.01 Å². The Labute approximate surface area is 157 Å². The van der Waals surface area contributed by atoms with Gasteiger partial charge < -0.3 is 4.98 Å². The molecular formula is C17H9BrN4OS2. The van der Waals surface area contributed by atoms with Crippen LogP contribution in [0.25, 0.3) is 37.7 Å². The zero-order valence-corrected chi connectivity index (χ0v) is 15.8. The zero-order chi connectivity index (χ0) is 17.0. The summed E-state index contributed by atoms with van der Waals surface area (Å²) >= 11 is 6.50. The van der Waals surface area contributed by atoms with Gasteiger partial charge in [-0.25, -0.2) is 4.98 Å². The van der Waals surface area contributed by atoms with Crippen LogP contribution in [0.15, 0.2) is 56.6 Å². The van der Waals surface area contributed by atoms with E-state index in [0.717, 1.165) is 31.5 Å². The largest absolute Gasteiger partial charge is 0.360 e. The molecule has 8 heteroatoms. The minimum Gasteiger partial charge on any atom is -0.360 e. The molecule has 0 radical (unpaired) electrons. The van der Waals surface area contributed by atoms with Gasteiger partial charge in [-0.1, -0.05) is 27.3 Å². The molecule has 5 rings (SSSR count). The molecule has 0 aliphatic rings. The fourth-order valence-corrected chi connectivity index (χ4v) is 4.69. The van der Waals surface area contributed by atoms with Gasteiger partial charge in [-0.2, -0.15) is 21.0 Å². The predicted molar refractivity (Wildman–Crippen MR) is 105 cm³/mol. The molecule has 0 aliphatic carbocycles. The SMILES string of the molecule is O=c1cc(-c2ccsc2)nc2sc(-c3c[nH]c4ccc(Br)cc34)nn12. The maximum absolute atomic E-state index is 12.5. The summed E-state index contributed by atoms with van der Waals surface area (Å²) in [6.07, 6.45) is 1.92. The van der Waals surface area contributed by atoms with Crippen molar-refractivity contribution in [2.75, 3.05) is 0 Å². The van der Waals surface area contributed by atoms with E-state index in [4.69, 9.17) is 0 Å². The third-order valence-electron chi connectivity index (χ3n) is 3.94. The van der Waals surface area contributed by atoms with Crippen LogP contribution in [0.5, 0.6) is 0 Å². The van der Waals surface area contributed by atoms with Crippen LogP contribution < -0.4 is 5.56 Å². The maximum atomic E-state index is 12.5. The van der Waals surface area contributed by atoms with Gasteiger partial charge in [-0.3, -0.25) is 4.79 Å². The first-order valence-corrected chi connectivity index (χ1v) is 9.95. The van der Waals surface area contributed by atoms with Gasteiger partial charge in [-0.15, -0.1) is 0 Å². The molecule has 5 aromatic rings. The molecule has 25 heavy (non-hydrogen) atoms. The third-order valence-corrected chi connectivity index (χ3v) is 6.05. The van der Waals surface area contributed by atoms with Crippen molar-refractivity contribution >= 4 is 54.5 Å². The summed E-state index contributed by atoms with van der Waals surface area (Å²) < 4.78 is 2.36. The number of nitrogens with zero attached hydrogens (tertiary/aromatic N) is 3. The lowest BCUT2D eigenvalue weighted by atomic mass is 10.2. The Morgan fingerprint density at radius 1 is 1.20 bits per heavy atom. The van der Waals surface area contributed by atoms with Gasteiger partial charge >= 0.3 is 0 Å². The second kappa shape index (κ2) is 5.62. The zero-order valence-electron chi connectivity index (χ0n) is 12.6. The van der Waals surface area contributed by atoms with Crippen LogP contribution in [0.2, 0.25) is 0 Å². The lowest BCUT2D eigenvalue weighted by Crippen LogP contribution is -2.13. The molecule has 1 N–H and O–H groups in total. The fourth-order valence-electron chi connectivity index (χ4n) is 2.75. The fraction of sp³-hybridized carbons (Fsp3) is 0. The molecule has 4 heterocycles. The predicted octanol–water partition coefficient (Wildman–Crippen LogP) is 4.79. The van der Waals surface area contributed by atoms with E-state index in [0.29, 0.717) is 10.7 Å². The third kappa shape index (κ3) is 2.45. The number of aromatic nitrogens is 4. The molecule has 0 amide bonds. The highest BCUT2D eigenvalue weighted by Gasteiger charge is 2.15. The molecule has 122 valence electrons. The molecule has 0 fully saturated rings. The van der Waals surface area contributed by atoms with Crippen molar-refractivity contribution in [2.45, 2.75) is 0 Å². The van der Waals surface area contributed by atoms with Crippen molar-refractivity contribution in [3.8, 4) is 21.8 Å². The van der Waals surface area contributed by atoms with Crippen molar-refractivity contribution in [3.63, 3.8) is 0 Å². The number of benzene rings is 1. The minimum absolute atomic E-state index is 0.172. The number of nitrogens with one attached hydrogen (secondary N) is 1. The lowest BCUT2D eigenvalue weighted by Gasteiger charge is -1.95. The van der Waals surface area contributed by atoms with Crippen LogP contribution in [0.1, 0.15) is 0 Å². The summed E-state index contributed by atoms with van der Waals surface area (Å²) in [5, 5.41) is 10.3. The van der Waals surface area contributed by atoms with E-state index in [1.165, 1.54) is 21.9 Å². The van der Waals surface area contributed by atoms with E-state index in [2.05, 4.69) is 31.0 Å². The van der Waals surface area contributed by atoms with Crippen molar-refractivity contribution in [1.82, 2.24) is 19.6 Å². The second-order valence-corrected chi connectivity index (χ2v) is 8.14. The van der Waals surface area contributed by atoms with Crippen LogP contribution in [0.4, 0.5) is 0 Å². The summed E-state index contributed by atoms with van der Waals surface area (Å²) in [6.45, 7) is 0. The first-order chi connectivity index (χ1) is 12.2. The van der Waals surface area contributed by atoms with E-state index < -0.39 is 0 Å². The van der Waals surface area contributed by atoms with Gasteiger partial charge in [-0.05, 0) is 29.6 Å². The van der Waals surface area contributed by atoms with Crippen molar-refractivity contribution < 1.29 is 0 Å². The molecule has 5 nitrogen and oxygen atoms in total. The van der Waals surface area contributed by atoms with Gasteiger partial charge in [0.05, 0.1) is 5.69 Å². The highest BCUT2D eigenvalue weighted by Crippen LogP contribution is 2.33. The van der Waals surface area contributed by atoms with Crippen LogP contribution in [-0.2, 0) is 0 Å². The van der Waals surface area contributed by atoms with Gasteiger partial charge in [0.15, 0.2) is 0 Å². The van der Waals surface area contributed by atoms with Crippen LogP contribution in [-0.4, -0.2) is 19.6 Å². The molecule has 0 bridgehead atoms. The molecule has 4 aromatic heterocycles. The monoisotopic (exact) mass is 428 g/mol. The smallest absolute Gasteiger partial charge is 0.275 e. The number of fused-ring (bicyclic) bond motifs is 2. The lowest BCUT2D eigenvalue weighted by molar-refractivity contribution is 0.905. The minimum atomic E-state index is -0.172. The Bertz CT molecular complexity index is 1280. The number of thiophene rings is 1. The number of rotatable bonds is 2. The summed E-state index contributed by atoms with van der Waals surface area (Å²) in [5.74, 6) is 0. The summed E-state index contributed by atoms with van der Waals surface area (Å²) in [5.41, 5.74) is 3.45. The van der Waals surface area contributed by atoms with Gasteiger partial charge in [0.25, 0.3) is 5.56 Å². The van der Waals surface area contributed by atoms with E-state index >= 15 is 0 Å². The van der Waals surface area contributed by atoms with Crippen molar-refractivity contribution in [1.29, 1.82) is 0 Å². The average Bonchev–Trinajstić information content (AvgIpc) is 3.33. The molecular weight excluding hydrogens is 420 g/mol. The Balaban J connectivity index is 1.73. The van der Waals surface area contributed by atoms with Crippen LogP contribution in [0.3, 0.4) is 0 Å². The Morgan fingerprint density at radius 3 is 2.96 bits per heavy atom. The quantitative estimate of drug-likeness (QED) is 0.439. The van der Waals surface area contributed by atoms with E-state index in [-0.39, 0.29) is 5.56 Å². The molecule has 0 unspecified atom stereocenters. The first kappa shape index (κ1) is 15.0. The number of H-pyrrole nitrogens is 1. The van der Waals surface area contributed by atoms with Crippen LogP contribution in [0, 0.1) is 0 Å². The van der Waals surface area contributed by atoms with Crippen molar-refractivity contribution in [3.05, 3.63) is 62.1 Å². The molecule has 0 atom stereocenters. The van der Waals surface area contributed by atoms with Crippen molar-refractivity contribution in [2.24, 2.45) is 0 Å². The van der Waals surface area contributed by atoms with Crippen LogP contribution >= 0.6 is 38.6 Å². The average molecular weight is 429 g/mol. The first-order valence-electron chi connectivity index (χ1n) is 7.39. The Hall–Kier alpha value is -2.29. The van der Waals surface area contributed by atoms with E-state index in [9.17, 15) is 4.79 Å². The van der Waals surface area contributed by atoms with Gasteiger partial charge in [0.2, 0.25) is 4.96 Å². The summed E-state index contributed by atoms with van der Waals surface area (Å²) in [4.78, 5) is 20.9. The normalized spacial score (nSPS) is 11.6. The Kier molecular flexibility index (Phi) is 3.37. The molecule has 0 saturated heterocycles. The second-order valence-electron chi connectivity index (χ2n) is 5.49. The molecule has 0 spiro atoms. The number of hydrogen-bond acceptors (Lipinski definition) is 5. The highest BCUT2D eigenvalue weighted by molar-refractivity contribution is 9.10. The molecule has 0 saturated carbocycles. The standard InChI is InChI=1S/C17H9BrN4OS2/c18-10-1-2-13-11(5-10)12(7-19-13)16-21-22-15(23)6-14(20-17(22)25-16)9-3-4-24-8-9/h1-8,19H. The maximum Gasteiger partial charge on any atom is 0.275 e. The topological polar surface area (TPSA) is 63.0 Å². The number of hydrogen-bond donors (Lipinski definition) is 1. The molecule has 0 aliphatic heterocycles. The summed E-state index contributed by atoms with van der Waals surface area (Å²) in [7, 11) is 0. The number of halogens is 1.